The van der Waals surface area contributed by atoms with Crippen LogP contribution in [0.1, 0.15) is 34.3 Å². The lowest BCUT2D eigenvalue weighted by Gasteiger charge is -2.39. The van der Waals surface area contributed by atoms with Crippen LogP contribution < -0.4 is 5.32 Å². The normalized spacial score (nSPS) is 29.6. The Morgan fingerprint density at radius 1 is 1.39 bits per heavy atom. The Balaban J connectivity index is 1.68. The summed E-state index contributed by atoms with van der Waals surface area (Å²) in [7, 11) is 0. The molecule has 3 rings (SSSR count). The van der Waals surface area contributed by atoms with Crippen LogP contribution in [0.15, 0.2) is 18.2 Å². The molecule has 1 aliphatic heterocycles. The molecule has 3 heteroatoms. The summed E-state index contributed by atoms with van der Waals surface area (Å²) in [5.41, 5.74) is 3.03. The SMILES string of the molecule is Cc1ccc(C(=O)N[C@H]2C[C@@H]3OCC[C@H]23)c(C)c1. The molecule has 1 heterocycles. The average Bonchev–Trinajstić information content (AvgIpc) is 2.67. The van der Waals surface area contributed by atoms with Gasteiger partial charge < -0.3 is 10.1 Å². The molecule has 1 aromatic rings. The Hall–Kier alpha value is -1.35. The van der Waals surface area contributed by atoms with E-state index in [0.29, 0.717) is 18.1 Å². The van der Waals surface area contributed by atoms with Crippen LogP contribution >= 0.6 is 0 Å². The smallest absolute Gasteiger partial charge is 0.251 e. The summed E-state index contributed by atoms with van der Waals surface area (Å²) in [5.74, 6) is 0.600. The van der Waals surface area contributed by atoms with E-state index in [1.807, 2.05) is 26.0 Å². The largest absolute Gasteiger partial charge is 0.378 e. The molecular formula is C15H19NO2. The molecule has 3 atom stereocenters. The first-order valence-corrected chi connectivity index (χ1v) is 6.65. The van der Waals surface area contributed by atoms with Crippen LogP contribution in [0.25, 0.3) is 0 Å². The lowest BCUT2D eigenvalue weighted by atomic mass is 9.76. The molecule has 0 aromatic heterocycles. The predicted octanol–water partition coefficient (Wildman–Crippen LogP) is 2.21. The Kier molecular flexibility index (Phi) is 2.86. The van der Waals surface area contributed by atoms with Crippen LogP contribution in [0.2, 0.25) is 0 Å². The highest BCUT2D eigenvalue weighted by atomic mass is 16.5. The minimum Gasteiger partial charge on any atom is -0.378 e. The number of fused-ring (bicyclic) bond motifs is 1. The first-order valence-electron chi connectivity index (χ1n) is 6.65. The number of hydrogen-bond acceptors (Lipinski definition) is 2. The molecule has 96 valence electrons. The maximum atomic E-state index is 12.2. The summed E-state index contributed by atoms with van der Waals surface area (Å²) in [6.45, 7) is 4.89. The molecule has 0 unspecified atom stereocenters. The van der Waals surface area contributed by atoms with Gasteiger partial charge in [-0.2, -0.15) is 0 Å². The van der Waals surface area contributed by atoms with Crippen LogP contribution in [0.5, 0.6) is 0 Å². The number of hydrogen-bond donors (Lipinski definition) is 1. The molecule has 0 bridgehead atoms. The minimum absolute atomic E-state index is 0.0582. The molecule has 18 heavy (non-hydrogen) atoms. The van der Waals surface area contributed by atoms with E-state index in [1.54, 1.807) is 0 Å². The maximum absolute atomic E-state index is 12.2. The lowest BCUT2D eigenvalue weighted by Crippen LogP contribution is -2.53. The van der Waals surface area contributed by atoms with Crippen molar-refractivity contribution in [3.8, 4) is 0 Å². The molecule has 0 spiro atoms. The van der Waals surface area contributed by atoms with E-state index < -0.39 is 0 Å². The van der Waals surface area contributed by atoms with E-state index in [4.69, 9.17) is 4.74 Å². The van der Waals surface area contributed by atoms with Gasteiger partial charge in [0.2, 0.25) is 0 Å². The summed E-state index contributed by atoms with van der Waals surface area (Å²) >= 11 is 0. The summed E-state index contributed by atoms with van der Waals surface area (Å²) in [5, 5.41) is 3.15. The fraction of sp³-hybridized carbons (Fsp3) is 0.533. The van der Waals surface area contributed by atoms with Gasteiger partial charge >= 0.3 is 0 Å². The number of rotatable bonds is 2. The van der Waals surface area contributed by atoms with Crippen LogP contribution in [0.3, 0.4) is 0 Å². The highest BCUT2D eigenvalue weighted by Crippen LogP contribution is 2.38. The molecule has 1 N–H and O–H groups in total. The van der Waals surface area contributed by atoms with Crippen molar-refractivity contribution >= 4 is 5.91 Å². The van der Waals surface area contributed by atoms with Gasteiger partial charge in [-0.15, -0.1) is 0 Å². The fourth-order valence-electron chi connectivity index (χ4n) is 3.08. The molecule has 1 amide bonds. The van der Waals surface area contributed by atoms with Crippen molar-refractivity contribution in [3.63, 3.8) is 0 Å². The van der Waals surface area contributed by atoms with E-state index >= 15 is 0 Å². The van der Waals surface area contributed by atoms with Gasteiger partial charge in [0.1, 0.15) is 0 Å². The zero-order chi connectivity index (χ0) is 12.7. The topological polar surface area (TPSA) is 38.3 Å². The van der Waals surface area contributed by atoms with Gasteiger partial charge in [0, 0.05) is 24.1 Å². The second-order valence-electron chi connectivity index (χ2n) is 5.50. The van der Waals surface area contributed by atoms with Gasteiger partial charge in [0.15, 0.2) is 0 Å². The second kappa shape index (κ2) is 4.39. The highest BCUT2D eigenvalue weighted by molar-refractivity contribution is 5.96. The monoisotopic (exact) mass is 245 g/mol. The zero-order valence-electron chi connectivity index (χ0n) is 10.9. The standard InChI is InChI=1S/C15H19NO2/c1-9-3-4-11(10(2)7-9)15(17)16-13-8-14-12(13)5-6-18-14/h3-4,7,12-14H,5-6,8H2,1-2H3,(H,16,17)/t12-,13+,14+/m1/s1. The third-order valence-electron chi connectivity index (χ3n) is 4.21. The molecule has 0 radical (unpaired) electrons. The van der Waals surface area contributed by atoms with Crippen molar-refractivity contribution in [2.45, 2.75) is 38.8 Å². The van der Waals surface area contributed by atoms with Crippen LogP contribution in [-0.2, 0) is 4.74 Å². The van der Waals surface area contributed by atoms with Crippen molar-refractivity contribution in [1.29, 1.82) is 0 Å². The van der Waals surface area contributed by atoms with Crippen molar-refractivity contribution < 1.29 is 9.53 Å². The quantitative estimate of drug-likeness (QED) is 0.867. The van der Waals surface area contributed by atoms with Crippen molar-refractivity contribution in [3.05, 3.63) is 34.9 Å². The molecule has 1 aromatic carbocycles. The molecule has 1 aliphatic carbocycles. The number of amides is 1. The molecule has 2 aliphatic rings. The minimum atomic E-state index is 0.0582. The summed E-state index contributed by atoms with van der Waals surface area (Å²) < 4.78 is 5.56. The average molecular weight is 245 g/mol. The van der Waals surface area contributed by atoms with Gasteiger partial charge in [-0.1, -0.05) is 17.7 Å². The Morgan fingerprint density at radius 2 is 2.22 bits per heavy atom. The second-order valence-corrected chi connectivity index (χ2v) is 5.50. The molecule has 3 nitrogen and oxygen atoms in total. The van der Waals surface area contributed by atoms with Crippen molar-refractivity contribution in [2.24, 2.45) is 5.92 Å². The van der Waals surface area contributed by atoms with E-state index in [1.165, 1.54) is 5.56 Å². The van der Waals surface area contributed by atoms with E-state index in [-0.39, 0.29) is 5.91 Å². The first kappa shape index (κ1) is 11.7. The van der Waals surface area contributed by atoms with Gasteiger partial charge in [0.05, 0.1) is 6.10 Å². The van der Waals surface area contributed by atoms with Gasteiger partial charge in [-0.25, -0.2) is 0 Å². The summed E-state index contributed by atoms with van der Waals surface area (Å²) in [6.07, 6.45) is 2.46. The third kappa shape index (κ3) is 1.93. The number of aryl methyl sites for hydroxylation is 2. The van der Waals surface area contributed by atoms with Gasteiger partial charge in [-0.05, 0) is 38.3 Å². The highest BCUT2D eigenvalue weighted by Gasteiger charge is 2.45. The molecule has 1 saturated heterocycles. The van der Waals surface area contributed by atoms with E-state index in [0.717, 1.165) is 30.6 Å². The zero-order valence-corrected chi connectivity index (χ0v) is 10.9. The van der Waals surface area contributed by atoms with Crippen LogP contribution in [0, 0.1) is 19.8 Å². The number of nitrogens with one attached hydrogen (secondary N) is 1. The number of carbonyl (C=O) groups is 1. The molecule has 2 fully saturated rings. The number of carbonyl (C=O) groups excluding carboxylic acids is 1. The van der Waals surface area contributed by atoms with Gasteiger partial charge in [0.25, 0.3) is 5.91 Å². The maximum Gasteiger partial charge on any atom is 0.251 e. The van der Waals surface area contributed by atoms with Crippen molar-refractivity contribution in [1.82, 2.24) is 5.32 Å². The molecular weight excluding hydrogens is 226 g/mol. The van der Waals surface area contributed by atoms with Crippen molar-refractivity contribution in [2.75, 3.05) is 6.61 Å². The first-order chi connectivity index (χ1) is 8.65. The molecule has 1 saturated carbocycles. The number of benzene rings is 1. The van der Waals surface area contributed by atoms with Crippen LogP contribution in [-0.4, -0.2) is 24.7 Å². The lowest BCUT2D eigenvalue weighted by molar-refractivity contribution is 0.00809. The third-order valence-corrected chi connectivity index (χ3v) is 4.21. The Morgan fingerprint density at radius 3 is 2.94 bits per heavy atom. The van der Waals surface area contributed by atoms with E-state index in [2.05, 4.69) is 11.4 Å². The van der Waals surface area contributed by atoms with E-state index in [9.17, 15) is 4.79 Å². The Bertz CT molecular complexity index is 483. The summed E-state index contributed by atoms with van der Waals surface area (Å²) in [4.78, 5) is 12.2. The predicted molar refractivity (Wildman–Crippen MR) is 69.6 cm³/mol. The summed E-state index contributed by atoms with van der Waals surface area (Å²) in [6, 6.07) is 6.27. The van der Waals surface area contributed by atoms with Gasteiger partial charge in [-0.3, -0.25) is 4.79 Å². The fourth-order valence-corrected chi connectivity index (χ4v) is 3.08. The van der Waals surface area contributed by atoms with Crippen LogP contribution in [0.4, 0.5) is 0 Å². The number of ether oxygens (including phenoxy) is 1. The Labute approximate surface area is 108 Å².